The monoisotopic (exact) mass is 339 g/mol. The Morgan fingerprint density at radius 1 is 1.48 bits per heavy atom. The van der Waals surface area contributed by atoms with Gasteiger partial charge >= 0.3 is 0 Å². The molecule has 0 radical (unpaired) electrons. The highest BCUT2D eigenvalue weighted by atomic mass is 32.1. The number of hydrogen-bond donors (Lipinski definition) is 1. The Hall–Kier alpha value is -1.02. The van der Waals surface area contributed by atoms with E-state index in [0.29, 0.717) is 16.8 Å². The summed E-state index contributed by atoms with van der Waals surface area (Å²) in [6.07, 6.45) is 2.68. The zero-order valence-electron chi connectivity index (χ0n) is 13.6. The van der Waals surface area contributed by atoms with Crippen LogP contribution in [0.15, 0.2) is 11.6 Å². The lowest BCUT2D eigenvalue weighted by Crippen LogP contribution is -2.46. The molecule has 0 bridgehead atoms. The molecule has 1 N–H and O–H groups in total. The maximum atomic E-state index is 12.7. The van der Waals surface area contributed by atoms with Crippen molar-refractivity contribution in [2.75, 3.05) is 46.0 Å². The highest BCUT2D eigenvalue weighted by Gasteiger charge is 2.44. The molecule has 7 heteroatoms. The molecule has 3 heterocycles. The van der Waals surface area contributed by atoms with Crippen LogP contribution in [0.4, 0.5) is 0 Å². The van der Waals surface area contributed by atoms with Crippen molar-refractivity contribution in [1.29, 1.82) is 0 Å². The predicted octanol–water partition coefficient (Wildman–Crippen LogP) is 0.934. The minimum Gasteiger partial charge on any atom is -0.394 e. The number of aromatic nitrogens is 1. The standard InChI is InChI=1S/C16H25N3O3S/c1-2-12-9-19(16(21)15-17-3-8-23-15)14(11-20)13(12)10-18-4-6-22-7-5-18/h3,8,12-14,20H,2,4-7,9-11H2,1H3/t12-,13-,14-/m1/s1. The van der Waals surface area contributed by atoms with E-state index in [1.165, 1.54) is 11.3 Å². The van der Waals surface area contributed by atoms with Crippen molar-refractivity contribution in [1.82, 2.24) is 14.8 Å². The molecule has 6 nitrogen and oxygen atoms in total. The number of rotatable bonds is 5. The third-order valence-electron chi connectivity index (χ3n) is 5.09. The maximum absolute atomic E-state index is 12.7. The van der Waals surface area contributed by atoms with Gasteiger partial charge in [-0.25, -0.2) is 4.98 Å². The summed E-state index contributed by atoms with van der Waals surface area (Å²) in [7, 11) is 0. The Morgan fingerprint density at radius 3 is 2.87 bits per heavy atom. The molecule has 1 amide bonds. The Bertz CT molecular complexity index is 505. The van der Waals surface area contributed by atoms with Crippen molar-refractivity contribution in [2.45, 2.75) is 19.4 Å². The van der Waals surface area contributed by atoms with Crippen molar-refractivity contribution in [3.8, 4) is 0 Å². The van der Waals surface area contributed by atoms with E-state index in [1.54, 1.807) is 6.20 Å². The second-order valence-electron chi connectivity index (χ2n) is 6.29. The van der Waals surface area contributed by atoms with E-state index in [-0.39, 0.29) is 18.6 Å². The number of aliphatic hydroxyl groups excluding tert-OH is 1. The van der Waals surface area contributed by atoms with Crippen molar-refractivity contribution >= 4 is 17.2 Å². The highest BCUT2D eigenvalue weighted by molar-refractivity contribution is 7.11. The zero-order chi connectivity index (χ0) is 16.2. The summed E-state index contributed by atoms with van der Waals surface area (Å²) in [5, 5.41) is 12.3. The van der Waals surface area contributed by atoms with Gasteiger partial charge in [-0.05, 0) is 11.8 Å². The molecular formula is C16H25N3O3S. The van der Waals surface area contributed by atoms with Crippen molar-refractivity contribution < 1.29 is 14.6 Å². The Balaban J connectivity index is 1.73. The largest absolute Gasteiger partial charge is 0.394 e. The van der Waals surface area contributed by atoms with E-state index < -0.39 is 0 Å². The molecule has 0 aromatic carbocycles. The summed E-state index contributed by atoms with van der Waals surface area (Å²) in [6.45, 7) is 7.25. The van der Waals surface area contributed by atoms with Gasteiger partial charge in [0.15, 0.2) is 5.01 Å². The van der Waals surface area contributed by atoms with Gasteiger partial charge in [0.2, 0.25) is 0 Å². The molecule has 0 saturated carbocycles. The lowest BCUT2D eigenvalue weighted by atomic mass is 9.88. The highest BCUT2D eigenvalue weighted by Crippen LogP contribution is 2.34. The molecule has 2 fully saturated rings. The van der Waals surface area contributed by atoms with Crippen LogP contribution in [0.1, 0.15) is 23.1 Å². The second-order valence-corrected chi connectivity index (χ2v) is 7.18. The molecule has 2 saturated heterocycles. The molecule has 0 spiro atoms. The Labute approximate surface area is 141 Å². The summed E-state index contributed by atoms with van der Waals surface area (Å²) in [4.78, 5) is 21.1. The van der Waals surface area contributed by atoms with Gasteiger partial charge in [-0.15, -0.1) is 11.3 Å². The van der Waals surface area contributed by atoms with Crippen molar-refractivity contribution in [2.24, 2.45) is 11.8 Å². The van der Waals surface area contributed by atoms with Crippen LogP contribution >= 0.6 is 11.3 Å². The summed E-state index contributed by atoms with van der Waals surface area (Å²) >= 11 is 1.37. The van der Waals surface area contributed by atoms with E-state index >= 15 is 0 Å². The van der Waals surface area contributed by atoms with Crippen LogP contribution in [0, 0.1) is 11.8 Å². The van der Waals surface area contributed by atoms with Gasteiger partial charge in [0.25, 0.3) is 5.91 Å². The fraction of sp³-hybridized carbons (Fsp3) is 0.750. The predicted molar refractivity (Wildman–Crippen MR) is 88.6 cm³/mol. The molecule has 0 unspecified atom stereocenters. The van der Waals surface area contributed by atoms with Gasteiger partial charge in [0, 0.05) is 37.8 Å². The average molecular weight is 339 g/mol. The number of hydrogen-bond acceptors (Lipinski definition) is 6. The molecule has 2 aliphatic heterocycles. The molecule has 0 aliphatic carbocycles. The number of morpholine rings is 1. The SMILES string of the molecule is CC[C@@H]1CN(C(=O)c2nccs2)[C@H](CO)[C@@H]1CN1CCOCC1. The maximum Gasteiger partial charge on any atom is 0.283 e. The van der Waals surface area contributed by atoms with Crippen molar-refractivity contribution in [3.05, 3.63) is 16.6 Å². The number of carbonyl (C=O) groups is 1. The third kappa shape index (κ3) is 3.57. The molecule has 3 rings (SSSR count). The second kappa shape index (κ2) is 7.70. The van der Waals surface area contributed by atoms with Crippen LogP contribution in [-0.2, 0) is 4.74 Å². The molecule has 128 valence electrons. The van der Waals surface area contributed by atoms with Crippen LogP contribution in [0.2, 0.25) is 0 Å². The minimum atomic E-state index is -0.112. The minimum absolute atomic E-state index is 0.0165. The van der Waals surface area contributed by atoms with Gasteiger partial charge in [-0.1, -0.05) is 13.3 Å². The Morgan fingerprint density at radius 2 is 2.26 bits per heavy atom. The first-order valence-corrected chi connectivity index (χ1v) is 9.24. The fourth-order valence-corrected chi connectivity index (χ4v) is 4.36. The number of ether oxygens (including phenoxy) is 1. The molecule has 23 heavy (non-hydrogen) atoms. The van der Waals surface area contributed by atoms with E-state index in [1.807, 2.05) is 10.3 Å². The van der Waals surface area contributed by atoms with Crippen LogP contribution in [0.3, 0.4) is 0 Å². The first-order valence-electron chi connectivity index (χ1n) is 8.36. The number of carbonyl (C=O) groups excluding carboxylic acids is 1. The zero-order valence-corrected chi connectivity index (χ0v) is 14.4. The molecule has 1 aromatic rings. The average Bonchev–Trinajstić information content (AvgIpc) is 3.23. The molecule has 1 aromatic heterocycles. The number of aliphatic hydroxyl groups is 1. The first-order chi connectivity index (χ1) is 11.2. The van der Waals surface area contributed by atoms with Crippen molar-refractivity contribution in [3.63, 3.8) is 0 Å². The quantitative estimate of drug-likeness (QED) is 0.865. The third-order valence-corrected chi connectivity index (χ3v) is 5.85. The van der Waals surface area contributed by atoms with Gasteiger partial charge in [-0.3, -0.25) is 9.69 Å². The number of likely N-dealkylation sites (tertiary alicyclic amines) is 1. The van der Waals surface area contributed by atoms with Crippen LogP contribution in [-0.4, -0.2) is 77.8 Å². The first kappa shape index (κ1) is 16.8. The van der Waals surface area contributed by atoms with Gasteiger partial charge in [0.1, 0.15) is 0 Å². The van der Waals surface area contributed by atoms with E-state index in [4.69, 9.17) is 4.74 Å². The van der Waals surface area contributed by atoms with Crippen LogP contribution < -0.4 is 0 Å². The lowest BCUT2D eigenvalue weighted by molar-refractivity contribution is 0.0206. The number of thiazole rings is 1. The van der Waals surface area contributed by atoms with E-state index in [0.717, 1.165) is 45.8 Å². The Kier molecular flexibility index (Phi) is 5.63. The van der Waals surface area contributed by atoms with Crippen LogP contribution in [0.5, 0.6) is 0 Å². The summed E-state index contributed by atoms with van der Waals surface area (Å²) in [5.41, 5.74) is 0. The van der Waals surface area contributed by atoms with E-state index in [9.17, 15) is 9.90 Å². The summed E-state index contributed by atoms with van der Waals surface area (Å²) < 4.78 is 5.42. The van der Waals surface area contributed by atoms with Gasteiger partial charge in [0.05, 0.1) is 25.9 Å². The molecular weight excluding hydrogens is 314 g/mol. The number of nitrogens with zero attached hydrogens (tertiary/aromatic N) is 3. The topological polar surface area (TPSA) is 65.9 Å². The van der Waals surface area contributed by atoms with Gasteiger partial charge < -0.3 is 14.7 Å². The smallest absolute Gasteiger partial charge is 0.283 e. The van der Waals surface area contributed by atoms with Crippen LogP contribution in [0.25, 0.3) is 0 Å². The lowest BCUT2D eigenvalue weighted by Gasteiger charge is -2.33. The summed E-state index contributed by atoms with van der Waals surface area (Å²) in [5.74, 6) is 0.702. The summed E-state index contributed by atoms with van der Waals surface area (Å²) in [6, 6.07) is -0.112. The molecule has 3 atom stereocenters. The van der Waals surface area contributed by atoms with E-state index in [2.05, 4.69) is 16.8 Å². The van der Waals surface area contributed by atoms with Gasteiger partial charge in [-0.2, -0.15) is 0 Å². The fourth-order valence-electron chi connectivity index (χ4n) is 3.77. The molecule has 2 aliphatic rings. The normalized spacial score (nSPS) is 29.1. The number of amides is 1.